The lowest BCUT2D eigenvalue weighted by molar-refractivity contribution is -0.120. The molecule has 0 aliphatic carbocycles. The Morgan fingerprint density at radius 1 is 1.14 bits per heavy atom. The van der Waals surface area contributed by atoms with Crippen LogP contribution in [0.4, 0.5) is 5.13 Å². The van der Waals surface area contributed by atoms with Crippen LogP contribution in [0.3, 0.4) is 0 Å². The van der Waals surface area contributed by atoms with Gasteiger partial charge >= 0.3 is 0 Å². The van der Waals surface area contributed by atoms with Crippen LogP contribution in [0.25, 0.3) is 11.3 Å². The Labute approximate surface area is 177 Å². The molecule has 1 unspecified atom stereocenters. The van der Waals surface area contributed by atoms with Gasteiger partial charge < -0.3 is 15.4 Å². The van der Waals surface area contributed by atoms with Crippen molar-refractivity contribution in [2.75, 3.05) is 12.4 Å². The van der Waals surface area contributed by atoms with Gasteiger partial charge in [0.1, 0.15) is 5.75 Å². The molecule has 3 rings (SSSR count). The summed E-state index contributed by atoms with van der Waals surface area (Å²) in [6.45, 7) is 1.42. The molecule has 0 fully saturated rings. The second kappa shape index (κ2) is 9.54. The molecule has 1 aromatic heterocycles. The zero-order valence-electron chi connectivity index (χ0n) is 15.9. The Hall–Kier alpha value is -2.90. The van der Waals surface area contributed by atoms with Crippen LogP contribution in [0.5, 0.6) is 5.75 Å². The molecule has 6 nitrogen and oxygen atoms in total. The molecule has 1 heterocycles. The number of ether oxygens (including phenoxy) is 1. The van der Waals surface area contributed by atoms with Gasteiger partial charge in [-0.25, -0.2) is 4.98 Å². The van der Waals surface area contributed by atoms with Crippen molar-refractivity contribution in [2.24, 2.45) is 0 Å². The van der Waals surface area contributed by atoms with E-state index >= 15 is 0 Å². The van der Waals surface area contributed by atoms with Gasteiger partial charge in [-0.15, -0.1) is 11.3 Å². The molecule has 2 amide bonds. The largest absolute Gasteiger partial charge is 0.497 e. The summed E-state index contributed by atoms with van der Waals surface area (Å²) in [4.78, 5) is 28.6. The van der Waals surface area contributed by atoms with Crippen molar-refractivity contribution in [1.29, 1.82) is 0 Å². The van der Waals surface area contributed by atoms with E-state index in [0.29, 0.717) is 15.9 Å². The van der Waals surface area contributed by atoms with Crippen LogP contribution in [0.1, 0.15) is 24.9 Å². The Bertz CT molecular complexity index is 987. The summed E-state index contributed by atoms with van der Waals surface area (Å²) in [5.74, 6) is 0.256. The van der Waals surface area contributed by atoms with Crippen molar-refractivity contribution in [3.8, 4) is 17.0 Å². The van der Waals surface area contributed by atoms with Crippen LogP contribution in [-0.2, 0) is 9.59 Å². The predicted molar refractivity (Wildman–Crippen MR) is 115 cm³/mol. The molecule has 2 aromatic carbocycles. The molecular formula is C21H20ClN3O3S. The maximum Gasteiger partial charge on any atom is 0.228 e. The van der Waals surface area contributed by atoms with Crippen molar-refractivity contribution < 1.29 is 14.3 Å². The van der Waals surface area contributed by atoms with E-state index in [-0.39, 0.29) is 18.2 Å². The first-order valence-electron chi connectivity index (χ1n) is 8.87. The Balaban J connectivity index is 1.68. The van der Waals surface area contributed by atoms with E-state index in [1.54, 1.807) is 31.4 Å². The molecule has 0 aliphatic heterocycles. The fourth-order valence-electron chi connectivity index (χ4n) is 2.77. The zero-order valence-corrected chi connectivity index (χ0v) is 17.5. The number of rotatable bonds is 7. The van der Waals surface area contributed by atoms with Crippen LogP contribution in [0.2, 0.25) is 5.02 Å². The fourth-order valence-corrected chi connectivity index (χ4v) is 3.64. The van der Waals surface area contributed by atoms with Gasteiger partial charge in [-0.2, -0.15) is 0 Å². The number of nitrogens with zero attached hydrogens (tertiary/aromatic N) is 1. The van der Waals surface area contributed by atoms with Gasteiger partial charge in [-0.05, 0) is 29.8 Å². The molecule has 3 aromatic rings. The molecule has 8 heteroatoms. The number of amides is 2. The van der Waals surface area contributed by atoms with Crippen molar-refractivity contribution in [2.45, 2.75) is 19.4 Å². The van der Waals surface area contributed by atoms with Crippen LogP contribution in [0.15, 0.2) is 53.9 Å². The number of methoxy groups -OCH3 is 1. The minimum Gasteiger partial charge on any atom is -0.497 e. The number of hydrogen-bond acceptors (Lipinski definition) is 5. The van der Waals surface area contributed by atoms with E-state index in [2.05, 4.69) is 15.6 Å². The third kappa shape index (κ3) is 5.79. The first-order chi connectivity index (χ1) is 13.9. The zero-order chi connectivity index (χ0) is 20.8. The molecule has 0 aliphatic rings. The molecule has 150 valence electrons. The van der Waals surface area contributed by atoms with Crippen LogP contribution >= 0.6 is 22.9 Å². The average molecular weight is 430 g/mol. The maximum absolute atomic E-state index is 12.6. The minimum atomic E-state index is -0.450. The highest BCUT2D eigenvalue weighted by molar-refractivity contribution is 7.14. The molecule has 1 atom stereocenters. The maximum atomic E-state index is 12.6. The number of nitrogens with one attached hydrogen (secondary N) is 2. The lowest BCUT2D eigenvalue weighted by atomic mass is 10.0. The number of carbonyl (C=O) groups excluding carboxylic acids is 2. The summed E-state index contributed by atoms with van der Waals surface area (Å²) in [6.07, 6.45) is 0.0851. The normalized spacial score (nSPS) is 11.6. The highest BCUT2D eigenvalue weighted by Crippen LogP contribution is 2.27. The molecule has 29 heavy (non-hydrogen) atoms. The van der Waals surface area contributed by atoms with Crippen molar-refractivity contribution in [1.82, 2.24) is 10.3 Å². The molecule has 2 N–H and O–H groups in total. The predicted octanol–water partition coefficient (Wildman–Crippen LogP) is 4.68. The second-order valence-electron chi connectivity index (χ2n) is 6.32. The number of carbonyl (C=O) groups is 2. The Kier molecular flexibility index (Phi) is 6.85. The number of thiazole rings is 1. The van der Waals surface area contributed by atoms with Gasteiger partial charge in [0.15, 0.2) is 5.13 Å². The average Bonchev–Trinajstić information content (AvgIpc) is 3.16. The Morgan fingerprint density at radius 3 is 2.45 bits per heavy atom. The molecule has 0 saturated heterocycles. The summed E-state index contributed by atoms with van der Waals surface area (Å²) in [5, 5.41) is 8.64. The standard InChI is InChI=1S/C21H20ClN3O3S/c1-13(26)23-18(14-5-9-17(28-2)10-6-14)11-20(27)25-21-24-19(12-29-21)15-3-7-16(22)8-4-15/h3-10,12,18H,11H2,1-2H3,(H,23,26)(H,24,25,27). The highest BCUT2D eigenvalue weighted by Gasteiger charge is 2.18. The number of anilines is 1. The van der Waals surface area contributed by atoms with E-state index in [1.165, 1.54) is 18.3 Å². The quantitative estimate of drug-likeness (QED) is 0.571. The highest BCUT2D eigenvalue weighted by atomic mass is 35.5. The van der Waals surface area contributed by atoms with E-state index in [0.717, 1.165) is 16.8 Å². The van der Waals surface area contributed by atoms with Crippen LogP contribution < -0.4 is 15.4 Å². The second-order valence-corrected chi connectivity index (χ2v) is 7.62. The lowest BCUT2D eigenvalue weighted by Crippen LogP contribution is -2.29. The van der Waals surface area contributed by atoms with Gasteiger partial charge in [0.05, 0.1) is 25.3 Å². The lowest BCUT2D eigenvalue weighted by Gasteiger charge is -2.18. The van der Waals surface area contributed by atoms with Gasteiger partial charge in [-0.3, -0.25) is 9.59 Å². The monoisotopic (exact) mass is 429 g/mol. The number of benzene rings is 2. The summed E-state index contributed by atoms with van der Waals surface area (Å²) in [7, 11) is 1.58. The summed E-state index contributed by atoms with van der Waals surface area (Å²) >= 11 is 7.25. The minimum absolute atomic E-state index is 0.0851. The smallest absolute Gasteiger partial charge is 0.228 e. The third-order valence-corrected chi connectivity index (χ3v) is 5.19. The van der Waals surface area contributed by atoms with E-state index in [9.17, 15) is 9.59 Å². The number of aromatic nitrogens is 1. The molecule has 0 radical (unpaired) electrons. The van der Waals surface area contributed by atoms with Gasteiger partial charge in [0.2, 0.25) is 11.8 Å². The Morgan fingerprint density at radius 2 is 1.83 bits per heavy atom. The first kappa shape index (κ1) is 20.8. The SMILES string of the molecule is COc1ccc(C(CC(=O)Nc2nc(-c3ccc(Cl)cc3)cs2)NC(C)=O)cc1. The van der Waals surface area contributed by atoms with Crippen molar-refractivity contribution in [3.05, 3.63) is 64.5 Å². The topological polar surface area (TPSA) is 80.3 Å². The number of hydrogen-bond donors (Lipinski definition) is 2. The summed E-state index contributed by atoms with van der Waals surface area (Å²) in [6, 6.07) is 14.1. The number of halogens is 1. The summed E-state index contributed by atoms with van der Waals surface area (Å²) < 4.78 is 5.15. The first-order valence-corrected chi connectivity index (χ1v) is 10.1. The van der Waals surface area contributed by atoms with E-state index in [1.807, 2.05) is 29.6 Å². The van der Waals surface area contributed by atoms with E-state index < -0.39 is 6.04 Å². The van der Waals surface area contributed by atoms with Crippen LogP contribution in [-0.4, -0.2) is 23.9 Å². The van der Waals surface area contributed by atoms with Crippen molar-refractivity contribution in [3.63, 3.8) is 0 Å². The molecule has 0 bridgehead atoms. The summed E-state index contributed by atoms with van der Waals surface area (Å²) in [5.41, 5.74) is 2.49. The van der Waals surface area contributed by atoms with Gasteiger partial charge in [0.25, 0.3) is 0 Å². The van der Waals surface area contributed by atoms with Crippen LogP contribution in [0, 0.1) is 0 Å². The van der Waals surface area contributed by atoms with Crippen molar-refractivity contribution >= 4 is 39.9 Å². The van der Waals surface area contributed by atoms with Gasteiger partial charge in [0, 0.05) is 22.9 Å². The molecule has 0 saturated carbocycles. The molecular weight excluding hydrogens is 410 g/mol. The van der Waals surface area contributed by atoms with E-state index in [4.69, 9.17) is 16.3 Å². The fraction of sp³-hybridized carbons (Fsp3) is 0.190. The third-order valence-electron chi connectivity index (χ3n) is 4.18. The van der Waals surface area contributed by atoms with Gasteiger partial charge in [-0.1, -0.05) is 35.9 Å². The molecule has 0 spiro atoms.